The maximum Gasteiger partial charge on any atom is 0.245 e. The van der Waals surface area contributed by atoms with Gasteiger partial charge in [-0.25, -0.2) is 9.97 Å². The summed E-state index contributed by atoms with van der Waals surface area (Å²) in [5.74, 6) is 0.731. The van der Waals surface area contributed by atoms with E-state index in [2.05, 4.69) is 9.97 Å². The van der Waals surface area contributed by atoms with Crippen LogP contribution in [0, 0.1) is 0 Å². The SMILES string of the molecule is O=C([C@@H]1CCCN1c1ncccn1)N1CCC[C@@H](O)C1. The third-order valence-corrected chi connectivity index (χ3v) is 4.06. The molecule has 0 bridgehead atoms. The van der Waals surface area contributed by atoms with Crippen LogP contribution >= 0.6 is 0 Å². The molecule has 108 valence electrons. The predicted octanol–water partition coefficient (Wildman–Crippen LogP) is 0.429. The zero-order valence-corrected chi connectivity index (χ0v) is 11.5. The van der Waals surface area contributed by atoms with Crippen molar-refractivity contribution in [2.45, 2.75) is 37.8 Å². The molecule has 0 aliphatic carbocycles. The Hall–Kier alpha value is -1.69. The van der Waals surface area contributed by atoms with Crippen LogP contribution in [0.5, 0.6) is 0 Å². The summed E-state index contributed by atoms with van der Waals surface area (Å²) in [5.41, 5.74) is 0. The Labute approximate surface area is 118 Å². The number of aliphatic hydroxyl groups is 1. The number of β-amino-alcohol motifs (C(OH)–C–C–N with tert-alkyl or cyclic N) is 1. The smallest absolute Gasteiger partial charge is 0.245 e. The van der Waals surface area contributed by atoms with Gasteiger partial charge in [0.05, 0.1) is 6.10 Å². The minimum atomic E-state index is -0.379. The van der Waals surface area contributed by atoms with Gasteiger partial charge in [0.25, 0.3) is 0 Å². The lowest BCUT2D eigenvalue weighted by Gasteiger charge is -2.34. The Kier molecular flexibility index (Phi) is 3.82. The molecule has 1 amide bonds. The number of aliphatic hydroxyl groups excluding tert-OH is 1. The van der Waals surface area contributed by atoms with Crippen LogP contribution in [0.1, 0.15) is 25.7 Å². The summed E-state index contributed by atoms with van der Waals surface area (Å²) >= 11 is 0. The molecule has 2 aliphatic rings. The van der Waals surface area contributed by atoms with Crippen molar-refractivity contribution in [3.8, 4) is 0 Å². The number of aromatic nitrogens is 2. The molecule has 0 radical (unpaired) electrons. The Morgan fingerprint density at radius 2 is 1.95 bits per heavy atom. The second kappa shape index (κ2) is 5.75. The first-order valence-electron chi connectivity index (χ1n) is 7.26. The van der Waals surface area contributed by atoms with Crippen LogP contribution < -0.4 is 4.90 Å². The van der Waals surface area contributed by atoms with Gasteiger partial charge >= 0.3 is 0 Å². The number of carbonyl (C=O) groups is 1. The van der Waals surface area contributed by atoms with Crippen molar-refractivity contribution < 1.29 is 9.90 Å². The molecule has 0 saturated carbocycles. The van der Waals surface area contributed by atoms with Crippen molar-refractivity contribution in [2.75, 3.05) is 24.5 Å². The number of hydrogen-bond acceptors (Lipinski definition) is 5. The Bertz CT molecular complexity index is 468. The van der Waals surface area contributed by atoms with E-state index in [9.17, 15) is 9.90 Å². The molecular weight excluding hydrogens is 256 g/mol. The van der Waals surface area contributed by atoms with Gasteiger partial charge in [-0.05, 0) is 31.7 Å². The predicted molar refractivity (Wildman–Crippen MR) is 74.2 cm³/mol. The fourth-order valence-electron chi connectivity index (χ4n) is 3.07. The van der Waals surface area contributed by atoms with E-state index < -0.39 is 0 Å². The van der Waals surface area contributed by atoms with Gasteiger partial charge in [-0.2, -0.15) is 0 Å². The molecule has 0 aromatic carbocycles. The molecule has 6 nitrogen and oxygen atoms in total. The molecule has 1 aromatic rings. The molecule has 0 spiro atoms. The van der Waals surface area contributed by atoms with Gasteiger partial charge in [0, 0.05) is 32.0 Å². The minimum absolute atomic E-state index is 0.105. The van der Waals surface area contributed by atoms with Crippen LogP contribution in [-0.4, -0.2) is 57.7 Å². The number of likely N-dealkylation sites (tertiary alicyclic amines) is 1. The van der Waals surface area contributed by atoms with E-state index >= 15 is 0 Å². The minimum Gasteiger partial charge on any atom is -0.391 e. The van der Waals surface area contributed by atoms with Crippen molar-refractivity contribution in [1.29, 1.82) is 0 Å². The maximum atomic E-state index is 12.6. The Morgan fingerprint density at radius 3 is 2.70 bits per heavy atom. The first-order valence-corrected chi connectivity index (χ1v) is 7.26. The number of piperidine rings is 1. The molecule has 6 heteroatoms. The van der Waals surface area contributed by atoms with Crippen LogP contribution in [0.15, 0.2) is 18.5 Å². The molecule has 3 rings (SSSR count). The first kappa shape index (κ1) is 13.3. The van der Waals surface area contributed by atoms with Crippen molar-refractivity contribution in [1.82, 2.24) is 14.9 Å². The topological polar surface area (TPSA) is 69.6 Å². The standard InChI is InChI=1S/C14H20N4O2/c19-11-4-1-8-17(10-11)13(20)12-5-2-9-18(12)14-15-6-3-7-16-14/h3,6-7,11-12,19H,1-2,4-5,8-10H2/t11-,12+/m1/s1. The molecule has 0 unspecified atom stereocenters. The van der Waals surface area contributed by atoms with E-state index in [1.165, 1.54) is 0 Å². The largest absolute Gasteiger partial charge is 0.391 e. The normalized spacial score (nSPS) is 26.9. The maximum absolute atomic E-state index is 12.6. The average Bonchev–Trinajstić information content (AvgIpc) is 2.97. The summed E-state index contributed by atoms with van der Waals surface area (Å²) in [7, 11) is 0. The van der Waals surface area contributed by atoms with E-state index in [0.29, 0.717) is 12.5 Å². The van der Waals surface area contributed by atoms with Crippen molar-refractivity contribution >= 4 is 11.9 Å². The lowest BCUT2D eigenvalue weighted by molar-refractivity contribution is -0.135. The number of amides is 1. The molecule has 2 aliphatic heterocycles. The molecular formula is C14H20N4O2. The molecule has 2 fully saturated rings. The monoisotopic (exact) mass is 276 g/mol. The van der Waals surface area contributed by atoms with Gasteiger partial charge in [-0.1, -0.05) is 0 Å². The van der Waals surface area contributed by atoms with E-state index in [4.69, 9.17) is 0 Å². The molecule has 2 saturated heterocycles. The van der Waals surface area contributed by atoms with Crippen molar-refractivity contribution in [3.05, 3.63) is 18.5 Å². The second-order valence-corrected chi connectivity index (χ2v) is 5.48. The lowest BCUT2D eigenvalue weighted by atomic mass is 10.1. The molecule has 3 heterocycles. The third-order valence-electron chi connectivity index (χ3n) is 4.06. The molecule has 1 aromatic heterocycles. The Morgan fingerprint density at radius 1 is 1.20 bits per heavy atom. The molecule has 20 heavy (non-hydrogen) atoms. The van der Waals surface area contributed by atoms with Crippen LogP contribution in [-0.2, 0) is 4.79 Å². The summed E-state index contributed by atoms with van der Waals surface area (Å²) < 4.78 is 0. The zero-order valence-electron chi connectivity index (χ0n) is 11.5. The fraction of sp³-hybridized carbons (Fsp3) is 0.643. The number of nitrogens with zero attached hydrogens (tertiary/aromatic N) is 4. The third kappa shape index (κ3) is 2.60. The highest BCUT2D eigenvalue weighted by atomic mass is 16.3. The van der Waals surface area contributed by atoms with E-state index in [0.717, 1.165) is 38.8 Å². The number of hydrogen-bond donors (Lipinski definition) is 1. The highest BCUT2D eigenvalue weighted by molar-refractivity contribution is 5.85. The van der Waals surface area contributed by atoms with Gasteiger partial charge in [0.1, 0.15) is 6.04 Å². The summed E-state index contributed by atoms with van der Waals surface area (Å²) in [6.45, 7) is 2.02. The van der Waals surface area contributed by atoms with Crippen LogP contribution in [0.25, 0.3) is 0 Å². The summed E-state index contributed by atoms with van der Waals surface area (Å²) in [6.07, 6.45) is 6.51. The van der Waals surface area contributed by atoms with Crippen LogP contribution in [0.3, 0.4) is 0 Å². The van der Waals surface area contributed by atoms with E-state index in [1.54, 1.807) is 23.4 Å². The number of anilines is 1. The van der Waals surface area contributed by atoms with Crippen LogP contribution in [0.2, 0.25) is 0 Å². The zero-order chi connectivity index (χ0) is 13.9. The average molecular weight is 276 g/mol. The van der Waals surface area contributed by atoms with Gasteiger partial charge in [-0.15, -0.1) is 0 Å². The molecule has 1 N–H and O–H groups in total. The summed E-state index contributed by atoms with van der Waals surface area (Å²) in [5, 5.41) is 9.72. The van der Waals surface area contributed by atoms with Gasteiger partial charge < -0.3 is 14.9 Å². The van der Waals surface area contributed by atoms with Crippen molar-refractivity contribution in [3.63, 3.8) is 0 Å². The fourth-order valence-corrected chi connectivity index (χ4v) is 3.07. The van der Waals surface area contributed by atoms with Gasteiger partial charge in [0.15, 0.2) is 0 Å². The highest BCUT2D eigenvalue weighted by Gasteiger charge is 2.36. The number of rotatable bonds is 2. The van der Waals surface area contributed by atoms with Gasteiger partial charge in [0.2, 0.25) is 11.9 Å². The second-order valence-electron chi connectivity index (χ2n) is 5.48. The highest BCUT2D eigenvalue weighted by Crippen LogP contribution is 2.24. The summed E-state index contributed by atoms with van der Waals surface area (Å²) in [4.78, 5) is 24.9. The molecule has 2 atom stereocenters. The van der Waals surface area contributed by atoms with Gasteiger partial charge in [-0.3, -0.25) is 4.79 Å². The van der Waals surface area contributed by atoms with Crippen LogP contribution in [0.4, 0.5) is 5.95 Å². The van der Waals surface area contributed by atoms with Crippen molar-refractivity contribution in [2.24, 2.45) is 0 Å². The van der Waals surface area contributed by atoms with E-state index in [-0.39, 0.29) is 18.1 Å². The first-order chi connectivity index (χ1) is 9.75. The summed E-state index contributed by atoms with van der Waals surface area (Å²) in [6, 6.07) is 1.60. The van der Waals surface area contributed by atoms with E-state index in [1.807, 2.05) is 4.90 Å². The quantitative estimate of drug-likeness (QED) is 0.848. The number of carbonyl (C=O) groups excluding carboxylic acids is 1. The Balaban J connectivity index is 1.73. The lowest BCUT2D eigenvalue weighted by Crippen LogP contribution is -2.50.